The third-order valence-corrected chi connectivity index (χ3v) is 4.66. The normalized spacial score (nSPS) is 28.1. The van der Waals surface area contributed by atoms with Crippen molar-refractivity contribution in [3.63, 3.8) is 0 Å². The van der Waals surface area contributed by atoms with Crippen molar-refractivity contribution >= 4 is 0 Å². The molecule has 0 aliphatic heterocycles. The molecule has 0 aromatic heterocycles. The van der Waals surface area contributed by atoms with Crippen molar-refractivity contribution in [3.05, 3.63) is 35.9 Å². The summed E-state index contributed by atoms with van der Waals surface area (Å²) in [5.74, 6) is 1.76. The second-order valence-electron chi connectivity index (χ2n) is 5.89. The van der Waals surface area contributed by atoms with Crippen LogP contribution in [0.1, 0.15) is 30.7 Å². The maximum absolute atomic E-state index is 5.08. The lowest BCUT2D eigenvalue weighted by Gasteiger charge is -2.16. The molecule has 98 valence electrons. The van der Waals surface area contributed by atoms with E-state index in [-0.39, 0.29) is 0 Å². The molecule has 2 heteroatoms. The first-order valence-corrected chi connectivity index (χ1v) is 7.10. The number of rotatable bonds is 7. The van der Waals surface area contributed by atoms with Crippen LogP contribution < -0.4 is 5.32 Å². The monoisotopic (exact) mass is 245 g/mol. The summed E-state index contributed by atoms with van der Waals surface area (Å²) >= 11 is 0. The molecule has 0 bridgehead atoms. The van der Waals surface area contributed by atoms with Gasteiger partial charge in [-0.25, -0.2) is 0 Å². The van der Waals surface area contributed by atoms with Gasteiger partial charge in [0, 0.05) is 20.2 Å². The lowest BCUT2D eigenvalue weighted by molar-refractivity contribution is 0.196. The zero-order chi connectivity index (χ0) is 12.4. The van der Waals surface area contributed by atoms with E-state index in [1.165, 1.54) is 25.8 Å². The molecule has 2 aliphatic carbocycles. The number of hydrogen-bond donors (Lipinski definition) is 1. The molecule has 18 heavy (non-hydrogen) atoms. The van der Waals surface area contributed by atoms with Crippen molar-refractivity contribution in [3.8, 4) is 0 Å². The maximum Gasteiger partial charge on any atom is 0.0587 e. The van der Waals surface area contributed by atoms with E-state index in [1.807, 2.05) is 0 Å². The summed E-state index contributed by atoms with van der Waals surface area (Å²) in [5.41, 5.74) is 2.17. The Hall–Kier alpha value is -0.860. The molecule has 1 aromatic carbocycles. The van der Waals surface area contributed by atoms with E-state index >= 15 is 0 Å². The predicted octanol–water partition coefficient (Wildman–Crippen LogP) is 2.81. The van der Waals surface area contributed by atoms with E-state index in [9.17, 15) is 0 Å². The Morgan fingerprint density at radius 3 is 2.72 bits per heavy atom. The van der Waals surface area contributed by atoms with Crippen LogP contribution >= 0.6 is 0 Å². The zero-order valence-corrected chi connectivity index (χ0v) is 11.2. The molecule has 2 atom stereocenters. The Labute approximate surface area is 110 Å². The summed E-state index contributed by atoms with van der Waals surface area (Å²) in [5, 5.41) is 3.56. The Balaban J connectivity index is 1.51. The molecule has 2 saturated carbocycles. The summed E-state index contributed by atoms with van der Waals surface area (Å²) in [7, 11) is 1.76. The molecular weight excluding hydrogens is 222 g/mol. The van der Waals surface area contributed by atoms with E-state index < -0.39 is 0 Å². The number of nitrogens with one attached hydrogen (secondary N) is 1. The highest BCUT2D eigenvalue weighted by molar-refractivity contribution is 5.29. The topological polar surface area (TPSA) is 21.3 Å². The summed E-state index contributed by atoms with van der Waals surface area (Å²) in [6.45, 7) is 2.99. The number of hydrogen-bond acceptors (Lipinski definition) is 2. The fraction of sp³-hybridized carbons (Fsp3) is 0.625. The largest absolute Gasteiger partial charge is 0.383 e. The number of ether oxygens (including phenoxy) is 1. The average Bonchev–Trinajstić information content (AvgIpc) is 3.28. The molecule has 0 spiro atoms. The van der Waals surface area contributed by atoms with Crippen molar-refractivity contribution in [2.75, 3.05) is 26.8 Å². The Morgan fingerprint density at radius 1 is 1.28 bits per heavy atom. The Bertz CT molecular complexity index is 385. The van der Waals surface area contributed by atoms with E-state index in [0.29, 0.717) is 5.41 Å². The van der Waals surface area contributed by atoms with Crippen molar-refractivity contribution < 1.29 is 4.74 Å². The average molecular weight is 245 g/mol. The summed E-state index contributed by atoms with van der Waals surface area (Å²) in [4.78, 5) is 0. The Kier molecular flexibility index (Phi) is 3.40. The van der Waals surface area contributed by atoms with E-state index in [0.717, 1.165) is 25.0 Å². The van der Waals surface area contributed by atoms with Gasteiger partial charge >= 0.3 is 0 Å². The van der Waals surface area contributed by atoms with Crippen molar-refractivity contribution in [2.45, 2.75) is 25.2 Å². The predicted molar refractivity (Wildman–Crippen MR) is 73.7 cm³/mol. The van der Waals surface area contributed by atoms with Gasteiger partial charge in [-0.05, 0) is 42.1 Å². The molecule has 3 rings (SSSR count). The molecule has 2 nitrogen and oxygen atoms in total. The molecule has 2 fully saturated rings. The minimum absolute atomic E-state index is 0.619. The number of methoxy groups -OCH3 is 1. The SMILES string of the molecule is COCCNCC1(C2CC2c2ccccc2)CC1. The van der Waals surface area contributed by atoms with Crippen molar-refractivity contribution in [1.82, 2.24) is 5.32 Å². The van der Waals surface area contributed by atoms with Crippen LogP contribution in [0.2, 0.25) is 0 Å². The van der Waals surface area contributed by atoms with E-state index in [1.54, 1.807) is 12.7 Å². The summed E-state index contributed by atoms with van der Waals surface area (Å²) < 4.78 is 5.08. The van der Waals surface area contributed by atoms with Gasteiger partial charge in [0.2, 0.25) is 0 Å². The first-order valence-electron chi connectivity index (χ1n) is 7.10. The molecule has 2 unspecified atom stereocenters. The number of benzene rings is 1. The Morgan fingerprint density at radius 2 is 2.06 bits per heavy atom. The van der Waals surface area contributed by atoms with Gasteiger partial charge in [0.15, 0.2) is 0 Å². The van der Waals surface area contributed by atoms with Gasteiger partial charge in [0.25, 0.3) is 0 Å². The fourth-order valence-electron chi connectivity index (χ4n) is 3.29. The van der Waals surface area contributed by atoms with Crippen LogP contribution in [-0.2, 0) is 4.74 Å². The van der Waals surface area contributed by atoms with Crippen LogP contribution in [0.5, 0.6) is 0 Å². The van der Waals surface area contributed by atoms with Crippen LogP contribution in [0.15, 0.2) is 30.3 Å². The van der Waals surface area contributed by atoms with E-state index in [2.05, 4.69) is 35.6 Å². The first kappa shape index (κ1) is 12.2. The smallest absolute Gasteiger partial charge is 0.0587 e. The lowest BCUT2D eigenvalue weighted by atomic mass is 9.96. The van der Waals surface area contributed by atoms with E-state index in [4.69, 9.17) is 4.74 Å². The quantitative estimate of drug-likeness (QED) is 0.746. The minimum atomic E-state index is 0.619. The molecule has 1 N–H and O–H groups in total. The standard InChI is InChI=1S/C16H23NO/c1-18-10-9-17-12-16(7-8-16)15-11-14(15)13-5-3-2-4-6-13/h2-6,14-15,17H,7-12H2,1H3. The highest BCUT2D eigenvalue weighted by Crippen LogP contribution is 2.67. The molecule has 0 radical (unpaired) electrons. The molecule has 0 heterocycles. The van der Waals surface area contributed by atoms with Crippen LogP contribution in [-0.4, -0.2) is 26.8 Å². The van der Waals surface area contributed by atoms with Crippen LogP contribution in [0, 0.1) is 11.3 Å². The van der Waals surface area contributed by atoms with Gasteiger partial charge in [-0.1, -0.05) is 30.3 Å². The van der Waals surface area contributed by atoms with Gasteiger partial charge in [-0.3, -0.25) is 0 Å². The molecule has 0 saturated heterocycles. The molecule has 2 aliphatic rings. The van der Waals surface area contributed by atoms with Crippen LogP contribution in [0.25, 0.3) is 0 Å². The van der Waals surface area contributed by atoms with Crippen LogP contribution in [0.4, 0.5) is 0 Å². The first-order chi connectivity index (χ1) is 8.86. The fourth-order valence-corrected chi connectivity index (χ4v) is 3.29. The molecular formula is C16H23NO. The summed E-state index contributed by atoms with van der Waals surface area (Å²) in [6.07, 6.45) is 4.23. The van der Waals surface area contributed by atoms with Crippen molar-refractivity contribution in [2.24, 2.45) is 11.3 Å². The van der Waals surface area contributed by atoms with Gasteiger partial charge in [0.05, 0.1) is 6.61 Å². The molecule has 1 aromatic rings. The summed E-state index contributed by atoms with van der Waals surface area (Å²) in [6, 6.07) is 11.0. The molecule has 0 amide bonds. The zero-order valence-electron chi connectivity index (χ0n) is 11.2. The third kappa shape index (κ3) is 2.45. The second-order valence-corrected chi connectivity index (χ2v) is 5.89. The highest BCUT2D eigenvalue weighted by Gasteiger charge is 2.58. The van der Waals surface area contributed by atoms with Gasteiger partial charge < -0.3 is 10.1 Å². The minimum Gasteiger partial charge on any atom is -0.383 e. The van der Waals surface area contributed by atoms with Gasteiger partial charge in [0.1, 0.15) is 0 Å². The van der Waals surface area contributed by atoms with Gasteiger partial charge in [-0.15, -0.1) is 0 Å². The highest BCUT2D eigenvalue weighted by atomic mass is 16.5. The maximum atomic E-state index is 5.08. The van der Waals surface area contributed by atoms with Gasteiger partial charge in [-0.2, -0.15) is 0 Å². The second kappa shape index (κ2) is 5.02. The third-order valence-electron chi connectivity index (χ3n) is 4.66. The van der Waals surface area contributed by atoms with Crippen LogP contribution in [0.3, 0.4) is 0 Å². The lowest BCUT2D eigenvalue weighted by Crippen LogP contribution is -2.28. The van der Waals surface area contributed by atoms with Crippen molar-refractivity contribution in [1.29, 1.82) is 0 Å².